The third kappa shape index (κ3) is 11.8. The van der Waals surface area contributed by atoms with Gasteiger partial charge >= 0.3 is 11.9 Å². The highest BCUT2D eigenvalue weighted by molar-refractivity contribution is 9.10. The summed E-state index contributed by atoms with van der Waals surface area (Å²) in [7, 11) is 1.68. The number of ether oxygens (including phenoxy) is 3. The van der Waals surface area contributed by atoms with E-state index in [1.165, 1.54) is 49.8 Å². The number of nitrogens with two attached hydrogens (primary N) is 1. The maximum Gasteiger partial charge on any atom is 0.338 e. The number of halogens is 1. The molecule has 3 aromatic carbocycles. The highest BCUT2D eigenvalue weighted by Crippen LogP contribution is 2.30. The molecule has 1 aliphatic carbocycles. The first-order valence-corrected chi connectivity index (χ1v) is 15.5. The van der Waals surface area contributed by atoms with Gasteiger partial charge in [-0.15, -0.1) is 0 Å². The van der Waals surface area contributed by atoms with E-state index in [1.807, 2.05) is 30.3 Å². The average Bonchev–Trinajstić information content (AvgIpc) is 3.01. The molecule has 8 nitrogen and oxygen atoms in total. The van der Waals surface area contributed by atoms with Crippen molar-refractivity contribution in [2.45, 2.75) is 66.0 Å². The summed E-state index contributed by atoms with van der Waals surface area (Å²) in [6, 6.07) is 18.5. The van der Waals surface area contributed by atoms with E-state index in [0.29, 0.717) is 41.5 Å². The number of benzene rings is 3. The van der Waals surface area contributed by atoms with E-state index in [2.05, 4.69) is 51.3 Å². The lowest BCUT2D eigenvalue weighted by atomic mass is 9.93. The van der Waals surface area contributed by atoms with Crippen LogP contribution in [-0.2, 0) is 20.8 Å². The Balaban J connectivity index is 0.000000411. The van der Waals surface area contributed by atoms with Gasteiger partial charge in [-0.05, 0) is 75.9 Å². The first-order chi connectivity index (χ1) is 20.3. The Labute approximate surface area is 265 Å². The SMILES string of the molecule is C.CCN(Cc1cc(C(=O)OCCNCCOC(C)=O)cc(Br)c1N)C1CCCCC1.COc1ccc2ccccc2c1. The van der Waals surface area contributed by atoms with Crippen LogP contribution in [0.3, 0.4) is 0 Å². The van der Waals surface area contributed by atoms with Crippen LogP contribution in [0, 0.1) is 0 Å². The van der Waals surface area contributed by atoms with Crippen molar-refractivity contribution in [2.24, 2.45) is 0 Å². The van der Waals surface area contributed by atoms with Crippen molar-refractivity contribution >= 4 is 44.3 Å². The summed E-state index contributed by atoms with van der Waals surface area (Å²) in [5.41, 5.74) is 8.41. The van der Waals surface area contributed by atoms with Gasteiger partial charge in [0.25, 0.3) is 0 Å². The van der Waals surface area contributed by atoms with Gasteiger partial charge in [-0.2, -0.15) is 0 Å². The highest BCUT2D eigenvalue weighted by Gasteiger charge is 2.22. The second-order valence-electron chi connectivity index (χ2n) is 10.3. The quantitative estimate of drug-likeness (QED) is 0.122. The van der Waals surface area contributed by atoms with Crippen molar-refractivity contribution < 1.29 is 23.8 Å². The molecule has 0 aliphatic heterocycles. The molecule has 4 rings (SSSR count). The standard InChI is InChI=1S/C22H34BrN3O4.C11H10O.CH4/c1-3-26(19-7-5-4-6-8-19)15-18-13-17(14-20(23)21(18)24)22(28)30-12-10-25-9-11-29-16(2)27;1-12-11-7-6-9-4-2-3-5-10(9)8-11;/h13-14,19,25H,3-12,15,24H2,1-2H3;2-8H,1H3;1H4. The number of nitrogens with zero attached hydrogens (tertiary/aromatic N) is 1. The second-order valence-corrected chi connectivity index (χ2v) is 11.2. The van der Waals surface area contributed by atoms with Crippen LogP contribution in [0.25, 0.3) is 10.8 Å². The summed E-state index contributed by atoms with van der Waals surface area (Å²) in [6.07, 6.45) is 6.33. The Bertz CT molecular complexity index is 1300. The minimum absolute atomic E-state index is 0. The third-order valence-electron chi connectivity index (χ3n) is 7.37. The molecular formula is C34H48BrN3O5. The Morgan fingerprint density at radius 1 is 0.977 bits per heavy atom. The molecule has 0 unspecified atom stereocenters. The highest BCUT2D eigenvalue weighted by atomic mass is 79.9. The number of carbonyl (C=O) groups excluding carboxylic acids is 2. The van der Waals surface area contributed by atoms with Gasteiger partial charge in [0, 0.05) is 37.1 Å². The van der Waals surface area contributed by atoms with Gasteiger partial charge in [-0.1, -0.05) is 63.9 Å². The van der Waals surface area contributed by atoms with E-state index < -0.39 is 0 Å². The molecule has 0 radical (unpaired) electrons. The smallest absolute Gasteiger partial charge is 0.338 e. The fraction of sp³-hybridized carbons (Fsp3) is 0.471. The van der Waals surface area contributed by atoms with Gasteiger partial charge in [-0.25, -0.2) is 4.79 Å². The number of esters is 2. The molecule has 0 aromatic heterocycles. The Hall–Kier alpha value is -3.14. The van der Waals surface area contributed by atoms with E-state index in [0.717, 1.165) is 24.4 Å². The largest absolute Gasteiger partial charge is 0.497 e. The molecule has 3 aromatic rings. The van der Waals surface area contributed by atoms with Gasteiger partial charge in [0.05, 0.1) is 18.4 Å². The fourth-order valence-corrected chi connectivity index (χ4v) is 5.57. The van der Waals surface area contributed by atoms with Gasteiger partial charge in [0.2, 0.25) is 0 Å². The van der Waals surface area contributed by atoms with E-state index in [9.17, 15) is 9.59 Å². The van der Waals surface area contributed by atoms with Gasteiger partial charge in [0.15, 0.2) is 0 Å². The van der Waals surface area contributed by atoms with E-state index >= 15 is 0 Å². The molecule has 0 amide bonds. The molecule has 0 bridgehead atoms. The topological polar surface area (TPSA) is 103 Å². The average molecular weight is 659 g/mol. The molecule has 3 N–H and O–H groups in total. The van der Waals surface area contributed by atoms with Crippen LogP contribution in [0.5, 0.6) is 5.75 Å². The maximum atomic E-state index is 12.5. The van der Waals surface area contributed by atoms with Gasteiger partial charge < -0.3 is 25.3 Å². The molecule has 1 fully saturated rings. The van der Waals surface area contributed by atoms with Crippen molar-refractivity contribution in [2.75, 3.05) is 45.7 Å². The predicted octanol–water partition coefficient (Wildman–Crippen LogP) is 6.98. The molecule has 0 atom stereocenters. The van der Waals surface area contributed by atoms with Gasteiger partial charge in [0.1, 0.15) is 19.0 Å². The van der Waals surface area contributed by atoms with Crippen LogP contribution in [0.15, 0.2) is 59.1 Å². The van der Waals surface area contributed by atoms with Crippen molar-refractivity contribution in [1.82, 2.24) is 10.2 Å². The lowest BCUT2D eigenvalue weighted by molar-refractivity contribution is -0.140. The Kier molecular flexibility index (Phi) is 16.1. The fourth-order valence-electron chi connectivity index (χ4n) is 5.07. The number of rotatable bonds is 12. The third-order valence-corrected chi connectivity index (χ3v) is 8.03. The molecule has 0 saturated heterocycles. The zero-order chi connectivity index (χ0) is 30.3. The summed E-state index contributed by atoms with van der Waals surface area (Å²) in [6.45, 7) is 6.76. The summed E-state index contributed by atoms with van der Waals surface area (Å²) in [5, 5.41) is 5.53. The first-order valence-electron chi connectivity index (χ1n) is 14.7. The molecule has 1 saturated carbocycles. The Morgan fingerprint density at radius 2 is 1.65 bits per heavy atom. The van der Waals surface area contributed by atoms with Crippen molar-refractivity contribution in [3.05, 3.63) is 70.2 Å². The van der Waals surface area contributed by atoms with Crippen molar-refractivity contribution in [1.29, 1.82) is 0 Å². The number of fused-ring (bicyclic) bond motifs is 1. The van der Waals surface area contributed by atoms with Crippen LogP contribution in [0.2, 0.25) is 0 Å². The van der Waals surface area contributed by atoms with Crippen molar-refractivity contribution in [3.8, 4) is 5.75 Å². The molecule has 236 valence electrons. The summed E-state index contributed by atoms with van der Waals surface area (Å²) in [5.74, 6) is 0.228. The van der Waals surface area contributed by atoms with E-state index in [4.69, 9.17) is 19.9 Å². The van der Waals surface area contributed by atoms with Gasteiger partial charge in [-0.3, -0.25) is 9.69 Å². The molecular weight excluding hydrogens is 610 g/mol. The zero-order valence-electron chi connectivity index (χ0n) is 25.0. The first kappa shape index (κ1) is 36.1. The molecule has 43 heavy (non-hydrogen) atoms. The maximum absolute atomic E-state index is 12.5. The summed E-state index contributed by atoms with van der Waals surface area (Å²) < 4.78 is 16.0. The monoisotopic (exact) mass is 657 g/mol. The van der Waals surface area contributed by atoms with Crippen LogP contribution in [0.1, 0.15) is 69.3 Å². The number of hydrogen-bond donors (Lipinski definition) is 2. The molecule has 0 heterocycles. The van der Waals surface area contributed by atoms with Crippen LogP contribution < -0.4 is 15.8 Å². The summed E-state index contributed by atoms with van der Waals surface area (Å²) in [4.78, 5) is 25.7. The molecule has 9 heteroatoms. The van der Waals surface area contributed by atoms with Crippen molar-refractivity contribution in [3.63, 3.8) is 0 Å². The molecule has 0 spiro atoms. The van der Waals surface area contributed by atoms with Crippen LogP contribution in [-0.4, -0.2) is 62.8 Å². The number of anilines is 1. The van der Waals surface area contributed by atoms with Crippen LogP contribution >= 0.6 is 15.9 Å². The number of carbonyl (C=O) groups is 2. The lowest BCUT2D eigenvalue weighted by Gasteiger charge is -2.34. The number of methoxy groups -OCH3 is 1. The normalized spacial score (nSPS) is 13.0. The second kappa shape index (κ2) is 19.2. The lowest BCUT2D eigenvalue weighted by Crippen LogP contribution is -2.36. The van der Waals surface area contributed by atoms with E-state index in [1.54, 1.807) is 13.2 Å². The molecule has 1 aliphatic rings. The minimum atomic E-state index is -0.376. The number of hydrogen-bond acceptors (Lipinski definition) is 8. The van der Waals surface area contributed by atoms with E-state index in [-0.39, 0.29) is 26.0 Å². The summed E-state index contributed by atoms with van der Waals surface area (Å²) >= 11 is 3.49. The minimum Gasteiger partial charge on any atom is -0.497 e. The zero-order valence-corrected chi connectivity index (χ0v) is 26.6. The van der Waals surface area contributed by atoms with Crippen LogP contribution in [0.4, 0.5) is 5.69 Å². The number of nitrogens with one attached hydrogen (secondary N) is 1. The Morgan fingerprint density at radius 3 is 2.30 bits per heavy atom. The predicted molar refractivity (Wildman–Crippen MR) is 179 cm³/mol. The number of nitrogen functional groups attached to an aromatic ring is 1.